The summed E-state index contributed by atoms with van der Waals surface area (Å²) in [5.41, 5.74) is 6.01. The van der Waals surface area contributed by atoms with Crippen LogP contribution in [-0.2, 0) is 14.8 Å². The second-order valence-corrected chi connectivity index (χ2v) is 5.92. The Labute approximate surface area is 112 Å². The zero-order valence-electron chi connectivity index (χ0n) is 10.8. The van der Waals surface area contributed by atoms with Crippen molar-refractivity contribution in [3.05, 3.63) is 29.3 Å². The van der Waals surface area contributed by atoms with Gasteiger partial charge in [-0.1, -0.05) is 6.92 Å². The molecule has 19 heavy (non-hydrogen) atoms. The van der Waals surface area contributed by atoms with E-state index in [0.29, 0.717) is 11.1 Å². The summed E-state index contributed by atoms with van der Waals surface area (Å²) < 4.78 is 25.6. The summed E-state index contributed by atoms with van der Waals surface area (Å²) in [5.74, 6) is -0.712. The van der Waals surface area contributed by atoms with E-state index in [2.05, 4.69) is 0 Å². The molecule has 0 atom stereocenters. The van der Waals surface area contributed by atoms with Crippen LogP contribution in [0.3, 0.4) is 0 Å². The number of likely N-dealkylation sites (N-methyl/N-ethyl adjacent to an activating group) is 1. The van der Waals surface area contributed by atoms with Crippen molar-refractivity contribution >= 4 is 15.9 Å². The van der Waals surface area contributed by atoms with Crippen LogP contribution in [0.25, 0.3) is 0 Å². The first-order chi connectivity index (χ1) is 8.82. The van der Waals surface area contributed by atoms with Gasteiger partial charge >= 0.3 is 0 Å². The molecule has 102 valence electrons. The number of aryl methyl sites for hydroxylation is 1. The second-order valence-electron chi connectivity index (χ2n) is 3.99. The first-order valence-corrected chi connectivity index (χ1v) is 7.06. The van der Waals surface area contributed by atoms with Gasteiger partial charge in [-0.05, 0) is 30.7 Å². The van der Waals surface area contributed by atoms with E-state index in [1.54, 1.807) is 13.8 Å². The van der Waals surface area contributed by atoms with Gasteiger partial charge in [0.05, 0.1) is 23.1 Å². The third-order valence-electron chi connectivity index (χ3n) is 2.64. The van der Waals surface area contributed by atoms with Crippen LogP contribution in [-0.4, -0.2) is 31.7 Å². The zero-order valence-corrected chi connectivity index (χ0v) is 11.6. The number of rotatable bonds is 5. The summed E-state index contributed by atoms with van der Waals surface area (Å²) in [6.07, 6.45) is 0. The number of amides is 1. The maximum absolute atomic E-state index is 12.3. The van der Waals surface area contributed by atoms with Crippen molar-refractivity contribution < 1.29 is 13.2 Å². The van der Waals surface area contributed by atoms with Gasteiger partial charge in [0.1, 0.15) is 0 Å². The number of carbonyl (C=O) groups excluding carboxylic acids is 1. The Morgan fingerprint density at radius 3 is 2.53 bits per heavy atom. The molecule has 1 aromatic carbocycles. The van der Waals surface area contributed by atoms with E-state index >= 15 is 0 Å². The van der Waals surface area contributed by atoms with Crippen molar-refractivity contribution in [2.75, 3.05) is 13.1 Å². The van der Waals surface area contributed by atoms with E-state index in [1.165, 1.54) is 18.2 Å². The predicted octanol–water partition coefficient (Wildman–Crippen LogP) is 0.363. The van der Waals surface area contributed by atoms with E-state index in [0.717, 1.165) is 4.31 Å². The highest BCUT2D eigenvalue weighted by Crippen LogP contribution is 2.18. The topological polar surface area (TPSA) is 104 Å². The lowest BCUT2D eigenvalue weighted by Crippen LogP contribution is -2.38. The first kappa shape index (κ1) is 15.1. The van der Waals surface area contributed by atoms with Crippen LogP contribution in [0.2, 0.25) is 0 Å². The molecule has 0 fully saturated rings. The fraction of sp³-hybridized carbons (Fsp3) is 0.333. The summed E-state index contributed by atoms with van der Waals surface area (Å²) in [7, 11) is -3.77. The van der Waals surface area contributed by atoms with Crippen LogP contribution in [0.5, 0.6) is 0 Å². The van der Waals surface area contributed by atoms with Gasteiger partial charge in [-0.15, -0.1) is 0 Å². The molecule has 0 spiro atoms. The average molecular weight is 281 g/mol. The molecule has 1 rings (SSSR count). The van der Waals surface area contributed by atoms with Crippen molar-refractivity contribution in [3.63, 3.8) is 0 Å². The molecule has 0 saturated carbocycles. The Hall–Kier alpha value is -1.91. The highest BCUT2D eigenvalue weighted by molar-refractivity contribution is 7.89. The summed E-state index contributed by atoms with van der Waals surface area (Å²) in [4.78, 5) is 10.9. The van der Waals surface area contributed by atoms with Crippen molar-refractivity contribution in [3.8, 4) is 6.07 Å². The minimum absolute atomic E-state index is 0.0482. The van der Waals surface area contributed by atoms with Gasteiger partial charge in [0.2, 0.25) is 15.9 Å². The maximum Gasteiger partial charge on any atom is 0.243 e. The van der Waals surface area contributed by atoms with E-state index in [4.69, 9.17) is 11.0 Å². The minimum Gasteiger partial charge on any atom is -0.369 e. The number of nitrogens with zero attached hydrogens (tertiary/aromatic N) is 2. The van der Waals surface area contributed by atoms with E-state index in [9.17, 15) is 13.2 Å². The largest absolute Gasteiger partial charge is 0.369 e. The maximum atomic E-state index is 12.3. The molecule has 0 bridgehead atoms. The van der Waals surface area contributed by atoms with Gasteiger partial charge in [0.15, 0.2) is 0 Å². The third kappa shape index (κ3) is 3.30. The van der Waals surface area contributed by atoms with Gasteiger partial charge in [-0.3, -0.25) is 4.79 Å². The van der Waals surface area contributed by atoms with Crippen LogP contribution < -0.4 is 5.73 Å². The third-order valence-corrected chi connectivity index (χ3v) is 4.56. The molecule has 0 radical (unpaired) electrons. The molecule has 0 aromatic heterocycles. The van der Waals surface area contributed by atoms with Gasteiger partial charge < -0.3 is 5.73 Å². The van der Waals surface area contributed by atoms with Crippen LogP contribution in [0.15, 0.2) is 23.1 Å². The number of nitrogens with two attached hydrogens (primary N) is 1. The van der Waals surface area contributed by atoms with E-state index in [-0.39, 0.29) is 18.0 Å². The van der Waals surface area contributed by atoms with Gasteiger partial charge in [-0.25, -0.2) is 8.42 Å². The Bertz CT molecular complexity index is 632. The van der Waals surface area contributed by atoms with Crippen LogP contribution in [0.1, 0.15) is 18.1 Å². The predicted molar refractivity (Wildman–Crippen MR) is 69.5 cm³/mol. The minimum atomic E-state index is -3.77. The molecule has 0 saturated heterocycles. The summed E-state index contributed by atoms with van der Waals surface area (Å²) in [6, 6.07) is 6.18. The van der Waals surface area contributed by atoms with E-state index < -0.39 is 15.9 Å². The molecular weight excluding hydrogens is 266 g/mol. The molecular formula is C12H15N3O3S. The van der Waals surface area contributed by atoms with Crippen molar-refractivity contribution in [2.24, 2.45) is 5.73 Å². The number of hydrogen-bond donors (Lipinski definition) is 1. The Morgan fingerprint density at radius 2 is 2.11 bits per heavy atom. The zero-order chi connectivity index (χ0) is 14.6. The summed E-state index contributed by atoms with van der Waals surface area (Å²) in [6.45, 7) is 3.06. The lowest BCUT2D eigenvalue weighted by atomic mass is 10.1. The number of sulfonamides is 1. The smallest absolute Gasteiger partial charge is 0.243 e. The highest BCUT2D eigenvalue weighted by atomic mass is 32.2. The van der Waals surface area contributed by atoms with Crippen LogP contribution in [0, 0.1) is 18.3 Å². The average Bonchev–Trinajstić information content (AvgIpc) is 2.35. The number of carbonyl (C=O) groups is 1. The summed E-state index contributed by atoms with van der Waals surface area (Å²) in [5, 5.41) is 8.82. The van der Waals surface area contributed by atoms with E-state index in [1.807, 2.05) is 6.07 Å². The Kier molecular flexibility index (Phi) is 4.64. The van der Waals surface area contributed by atoms with Gasteiger partial charge in [0, 0.05) is 6.54 Å². The normalized spacial score (nSPS) is 11.3. The van der Waals surface area contributed by atoms with Gasteiger partial charge in [-0.2, -0.15) is 9.57 Å². The Balaban J connectivity index is 3.23. The lowest BCUT2D eigenvalue weighted by molar-refractivity contribution is -0.118. The molecule has 0 aliphatic carbocycles. The molecule has 1 amide bonds. The number of hydrogen-bond acceptors (Lipinski definition) is 4. The summed E-state index contributed by atoms with van der Waals surface area (Å²) >= 11 is 0. The highest BCUT2D eigenvalue weighted by Gasteiger charge is 2.24. The molecule has 1 aromatic rings. The molecule has 6 nitrogen and oxygen atoms in total. The molecule has 2 N–H and O–H groups in total. The molecule has 0 aliphatic heterocycles. The van der Waals surface area contributed by atoms with Crippen LogP contribution >= 0.6 is 0 Å². The lowest BCUT2D eigenvalue weighted by Gasteiger charge is -2.19. The second kappa shape index (κ2) is 5.82. The number of benzene rings is 1. The number of nitriles is 1. The van der Waals surface area contributed by atoms with Gasteiger partial charge in [0.25, 0.3) is 0 Å². The fourth-order valence-corrected chi connectivity index (χ4v) is 3.11. The quantitative estimate of drug-likeness (QED) is 0.841. The Morgan fingerprint density at radius 1 is 1.47 bits per heavy atom. The molecule has 0 heterocycles. The fourth-order valence-electron chi connectivity index (χ4n) is 1.61. The standard InChI is InChI=1S/C12H15N3O3S/c1-3-15(8-12(14)16)19(17,18)11-5-4-10(7-13)9(2)6-11/h4-6H,3,8H2,1-2H3,(H2,14,16). The SMILES string of the molecule is CCN(CC(N)=O)S(=O)(=O)c1ccc(C#N)c(C)c1. The van der Waals surface area contributed by atoms with Crippen molar-refractivity contribution in [1.82, 2.24) is 4.31 Å². The molecule has 0 unspecified atom stereocenters. The molecule has 0 aliphatic rings. The first-order valence-electron chi connectivity index (χ1n) is 5.62. The van der Waals surface area contributed by atoms with Crippen molar-refractivity contribution in [1.29, 1.82) is 5.26 Å². The van der Waals surface area contributed by atoms with Crippen LogP contribution in [0.4, 0.5) is 0 Å². The monoisotopic (exact) mass is 281 g/mol. The molecule has 7 heteroatoms. The van der Waals surface area contributed by atoms with Crippen molar-refractivity contribution in [2.45, 2.75) is 18.7 Å². The number of primary amides is 1.